The first-order valence-electron chi connectivity index (χ1n) is 5.33. The van der Waals surface area contributed by atoms with Crippen LogP contribution in [0.15, 0.2) is 0 Å². The summed E-state index contributed by atoms with van der Waals surface area (Å²) in [7, 11) is 0. The van der Waals surface area contributed by atoms with Gasteiger partial charge in [-0.1, -0.05) is 44.9 Å². The van der Waals surface area contributed by atoms with Gasteiger partial charge in [-0.25, -0.2) is 0 Å². The van der Waals surface area contributed by atoms with Crippen molar-refractivity contribution in [1.82, 2.24) is 0 Å². The third-order valence-electron chi connectivity index (χ3n) is 2.79. The van der Waals surface area contributed by atoms with Gasteiger partial charge in [-0.15, -0.1) is 0 Å². The Bertz CT molecular complexity index is 136. The first kappa shape index (κ1) is 9.58. The Labute approximate surface area is 75.8 Å². The molecule has 1 aliphatic carbocycles. The molecule has 1 heteroatoms. The van der Waals surface area contributed by atoms with Gasteiger partial charge in [0.1, 0.15) is 0 Å². The monoisotopic (exact) mass is 165 g/mol. The predicted octanol–water partition coefficient (Wildman–Crippen LogP) is 3.65. The van der Waals surface area contributed by atoms with Gasteiger partial charge in [-0.2, -0.15) is 5.26 Å². The highest BCUT2D eigenvalue weighted by atomic mass is 14.3. The first-order chi connectivity index (χ1) is 5.93. The van der Waals surface area contributed by atoms with Crippen LogP contribution < -0.4 is 0 Å². The molecule has 0 amide bonds. The topological polar surface area (TPSA) is 23.8 Å². The summed E-state index contributed by atoms with van der Waals surface area (Å²) in [6, 6.07) is 2.42. The third kappa shape index (κ3) is 3.76. The SMILES string of the molecule is N#CC1CCCCCCCCC1. The largest absolute Gasteiger partial charge is 0.198 e. The van der Waals surface area contributed by atoms with Gasteiger partial charge in [-0.3, -0.25) is 0 Å². The average Bonchev–Trinajstić information content (AvgIpc) is 2.14. The fraction of sp³-hybridized carbons (Fsp3) is 0.909. The van der Waals surface area contributed by atoms with Gasteiger partial charge >= 0.3 is 0 Å². The highest BCUT2D eigenvalue weighted by Crippen LogP contribution is 2.20. The van der Waals surface area contributed by atoms with Crippen molar-refractivity contribution in [1.29, 1.82) is 5.26 Å². The quantitative estimate of drug-likeness (QED) is 0.537. The van der Waals surface area contributed by atoms with E-state index < -0.39 is 0 Å². The second kappa shape index (κ2) is 6.06. The van der Waals surface area contributed by atoms with Gasteiger partial charge in [0, 0.05) is 5.92 Å². The van der Waals surface area contributed by atoms with E-state index in [-0.39, 0.29) is 0 Å². The summed E-state index contributed by atoms with van der Waals surface area (Å²) < 4.78 is 0. The smallest absolute Gasteiger partial charge is 0.0655 e. The van der Waals surface area contributed by atoms with E-state index in [2.05, 4.69) is 6.07 Å². The van der Waals surface area contributed by atoms with Gasteiger partial charge in [0.25, 0.3) is 0 Å². The molecule has 0 aromatic heterocycles. The fourth-order valence-electron chi connectivity index (χ4n) is 1.94. The van der Waals surface area contributed by atoms with E-state index in [1.807, 2.05) is 0 Å². The highest BCUT2D eigenvalue weighted by molar-refractivity contribution is 4.82. The van der Waals surface area contributed by atoms with Crippen LogP contribution in [0.5, 0.6) is 0 Å². The molecule has 1 saturated carbocycles. The van der Waals surface area contributed by atoms with Crippen LogP contribution in [0, 0.1) is 17.2 Å². The van der Waals surface area contributed by atoms with Gasteiger partial charge < -0.3 is 0 Å². The lowest BCUT2D eigenvalue weighted by molar-refractivity contribution is 0.450. The molecule has 0 heterocycles. The first-order valence-corrected chi connectivity index (χ1v) is 5.33. The summed E-state index contributed by atoms with van der Waals surface area (Å²) in [5.74, 6) is 0.364. The van der Waals surface area contributed by atoms with E-state index >= 15 is 0 Å². The average molecular weight is 165 g/mol. The van der Waals surface area contributed by atoms with Crippen molar-refractivity contribution < 1.29 is 0 Å². The van der Waals surface area contributed by atoms with Crippen LogP contribution in [-0.2, 0) is 0 Å². The zero-order valence-electron chi connectivity index (χ0n) is 7.89. The summed E-state index contributed by atoms with van der Waals surface area (Å²) in [5, 5.41) is 8.82. The van der Waals surface area contributed by atoms with E-state index in [0.29, 0.717) is 5.92 Å². The Morgan fingerprint density at radius 1 is 0.750 bits per heavy atom. The summed E-state index contributed by atoms with van der Waals surface area (Å²) in [5.41, 5.74) is 0. The molecule has 0 aromatic carbocycles. The minimum Gasteiger partial charge on any atom is -0.198 e. The molecule has 0 saturated heterocycles. The van der Waals surface area contributed by atoms with Crippen molar-refractivity contribution in [3.8, 4) is 6.07 Å². The Hall–Kier alpha value is -0.510. The number of nitrogens with zero attached hydrogens (tertiary/aromatic N) is 1. The Morgan fingerprint density at radius 2 is 1.17 bits per heavy atom. The number of rotatable bonds is 0. The normalized spacial score (nSPS) is 22.9. The molecule has 1 rings (SSSR count). The lowest BCUT2D eigenvalue weighted by Crippen LogP contribution is -1.98. The van der Waals surface area contributed by atoms with Crippen LogP contribution >= 0.6 is 0 Å². The molecule has 0 aromatic rings. The van der Waals surface area contributed by atoms with Crippen LogP contribution in [0.2, 0.25) is 0 Å². The zero-order valence-corrected chi connectivity index (χ0v) is 7.89. The lowest BCUT2D eigenvalue weighted by atomic mass is 9.93. The molecule has 0 radical (unpaired) electrons. The maximum absolute atomic E-state index is 8.82. The minimum absolute atomic E-state index is 0.364. The molecule has 1 aliphatic rings. The zero-order chi connectivity index (χ0) is 8.65. The Morgan fingerprint density at radius 3 is 1.58 bits per heavy atom. The second-order valence-corrected chi connectivity index (χ2v) is 3.88. The van der Waals surface area contributed by atoms with Crippen LogP contribution in [0.3, 0.4) is 0 Å². The van der Waals surface area contributed by atoms with Crippen molar-refractivity contribution in [2.24, 2.45) is 5.92 Å². The summed E-state index contributed by atoms with van der Waals surface area (Å²) in [6.07, 6.45) is 11.7. The molecule has 68 valence electrons. The molecule has 12 heavy (non-hydrogen) atoms. The Kier molecular flexibility index (Phi) is 4.83. The fourth-order valence-corrected chi connectivity index (χ4v) is 1.94. The molecule has 0 N–H and O–H groups in total. The van der Waals surface area contributed by atoms with Crippen molar-refractivity contribution in [2.75, 3.05) is 0 Å². The molecular formula is C11H19N. The van der Waals surface area contributed by atoms with Crippen LogP contribution in [0.25, 0.3) is 0 Å². The summed E-state index contributed by atoms with van der Waals surface area (Å²) >= 11 is 0. The molecule has 0 unspecified atom stereocenters. The van der Waals surface area contributed by atoms with Crippen LogP contribution in [0.4, 0.5) is 0 Å². The molecular weight excluding hydrogens is 146 g/mol. The van der Waals surface area contributed by atoms with Gasteiger partial charge in [0.15, 0.2) is 0 Å². The standard InChI is InChI=1S/C11H19N/c12-10-11-8-6-4-2-1-3-5-7-9-11/h11H,1-9H2. The van der Waals surface area contributed by atoms with Crippen molar-refractivity contribution in [3.63, 3.8) is 0 Å². The molecule has 1 fully saturated rings. The van der Waals surface area contributed by atoms with Crippen LogP contribution in [0.1, 0.15) is 57.8 Å². The maximum Gasteiger partial charge on any atom is 0.0655 e. The molecule has 1 nitrogen and oxygen atoms in total. The summed E-state index contributed by atoms with van der Waals surface area (Å²) in [4.78, 5) is 0. The Balaban J connectivity index is 2.23. The van der Waals surface area contributed by atoms with Crippen molar-refractivity contribution in [2.45, 2.75) is 57.8 Å². The minimum atomic E-state index is 0.364. The maximum atomic E-state index is 8.82. The van der Waals surface area contributed by atoms with E-state index in [9.17, 15) is 0 Å². The summed E-state index contributed by atoms with van der Waals surface area (Å²) in [6.45, 7) is 0. The van der Waals surface area contributed by atoms with E-state index in [0.717, 1.165) is 12.8 Å². The third-order valence-corrected chi connectivity index (χ3v) is 2.79. The molecule has 0 aliphatic heterocycles. The van der Waals surface area contributed by atoms with Crippen LogP contribution in [-0.4, -0.2) is 0 Å². The molecule has 0 bridgehead atoms. The number of hydrogen-bond donors (Lipinski definition) is 0. The van der Waals surface area contributed by atoms with E-state index in [4.69, 9.17) is 5.26 Å². The molecule has 0 spiro atoms. The van der Waals surface area contributed by atoms with E-state index in [1.165, 1.54) is 44.9 Å². The van der Waals surface area contributed by atoms with Crippen molar-refractivity contribution >= 4 is 0 Å². The molecule has 0 atom stereocenters. The number of hydrogen-bond acceptors (Lipinski definition) is 1. The van der Waals surface area contributed by atoms with Crippen molar-refractivity contribution in [3.05, 3.63) is 0 Å². The lowest BCUT2D eigenvalue weighted by Gasteiger charge is -2.10. The predicted molar refractivity (Wildman–Crippen MR) is 50.7 cm³/mol. The van der Waals surface area contributed by atoms with Gasteiger partial charge in [-0.05, 0) is 12.8 Å². The highest BCUT2D eigenvalue weighted by Gasteiger charge is 2.07. The second-order valence-electron chi connectivity index (χ2n) is 3.88. The number of nitriles is 1. The van der Waals surface area contributed by atoms with Gasteiger partial charge in [0.05, 0.1) is 6.07 Å². The van der Waals surface area contributed by atoms with E-state index in [1.54, 1.807) is 0 Å². The van der Waals surface area contributed by atoms with Gasteiger partial charge in [0.2, 0.25) is 0 Å².